The Morgan fingerprint density at radius 3 is 1.06 bits per heavy atom. The number of rotatable bonds is 74. The molecular formula is C90H163NO13. The van der Waals surface area contributed by atoms with Crippen molar-refractivity contribution >= 4 is 5.91 Å². The molecule has 2 rings (SSSR count). The van der Waals surface area contributed by atoms with Crippen LogP contribution in [0.5, 0.6) is 0 Å². The predicted octanol–water partition coefficient (Wildman–Crippen LogP) is 21.0. The van der Waals surface area contributed by atoms with Crippen molar-refractivity contribution in [1.29, 1.82) is 0 Å². The average molecular weight is 1470 g/mol. The molecule has 0 aliphatic carbocycles. The van der Waals surface area contributed by atoms with Gasteiger partial charge in [-0.1, -0.05) is 381 Å². The van der Waals surface area contributed by atoms with E-state index in [0.717, 1.165) is 70.6 Å². The summed E-state index contributed by atoms with van der Waals surface area (Å²) in [5.74, 6) is -0.247. The van der Waals surface area contributed by atoms with Crippen LogP contribution in [-0.4, -0.2) is 140 Å². The number of aliphatic hydroxyl groups is 8. The van der Waals surface area contributed by atoms with Gasteiger partial charge in [-0.15, -0.1) is 0 Å². The highest BCUT2D eigenvalue weighted by atomic mass is 16.7. The van der Waals surface area contributed by atoms with Crippen LogP contribution in [0.3, 0.4) is 0 Å². The van der Waals surface area contributed by atoms with Crippen LogP contribution in [0.4, 0.5) is 0 Å². The molecule has 2 aliphatic heterocycles. The van der Waals surface area contributed by atoms with E-state index in [1.54, 1.807) is 6.08 Å². The highest BCUT2D eigenvalue weighted by Crippen LogP contribution is 2.30. The lowest BCUT2D eigenvalue weighted by Crippen LogP contribution is -2.65. The van der Waals surface area contributed by atoms with E-state index in [-0.39, 0.29) is 18.9 Å². The van der Waals surface area contributed by atoms with Crippen LogP contribution in [0.25, 0.3) is 0 Å². The zero-order valence-electron chi connectivity index (χ0n) is 66.8. The fraction of sp³-hybridized carbons (Fsp3) is 0.833. The van der Waals surface area contributed by atoms with E-state index in [4.69, 9.17) is 18.9 Å². The molecule has 606 valence electrons. The summed E-state index contributed by atoms with van der Waals surface area (Å²) in [7, 11) is 0. The van der Waals surface area contributed by atoms with Gasteiger partial charge in [0.15, 0.2) is 12.6 Å². The minimum Gasteiger partial charge on any atom is -0.394 e. The van der Waals surface area contributed by atoms with Crippen molar-refractivity contribution in [2.45, 2.75) is 460 Å². The number of allylic oxidation sites excluding steroid dienone is 13. The van der Waals surface area contributed by atoms with Crippen molar-refractivity contribution in [2.24, 2.45) is 0 Å². The molecule has 0 radical (unpaired) electrons. The number of amides is 1. The molecule has 2 aliphatic rings. The number of hydrogen-bond acceptors (Lipinski definition) is 13. The van der Waals surface area contributed by atoms with Gasteiger partial charge in [0.2, 0.25) is 5.91 Å². The molecule has 2 heterocycles. The second-order valence-electron chi connectivity index (χ2n) is 30.6. The SMILES string of the molecule is CC/C=C\C/C=C\C/C=C\C/C=C\CCCCCCCCCCCCCCCCCCCCCCCCCCCCCCC(=O)NC(COC1OC(CO)C(OC2OC(CO)C(O)C(O)C2O)C(O)C1O)C(O)/C=C/CC/C=C/CC/C=C/CCCCCCCCCCCCCCCCCCCCC. The van der Waals surface area contributed by atoms with Crippen LogP contribution in [0, 0.1) is 0 Å². The van der Waals surface area contributed by atoms with Crippen molar-refractivity contribution in [3.8, 4) is 0 Å². The summed E-state index contributed by atoms with van der Waals surface area (Å²) in [6.07, 6.45) is 87.0. The minimum absolute atomic E-state index is 0.247. The molecule has 0 aromatic heterocycles. The molecule has 0 spiro atoms. The smallest absolute Gasteiger partial charge is 0.220 e. The number of hydrogen-bond donors (Lipinski definition) is 9. The first-order chi connectivity index (χ1) is 51.1. The summed E-state index contributed by atoms with van der Waals surface area (Å²) in [6, 6.07) is -0.942. The number of ether oxygens (including phenoxy) is 4. The number of carbonyl (C=O) groups excluding carboxylic acids is 1. The van der Waals surface area contributed by atoms with Crippen molar-refractivity contribution in [3.05, 3.63) is 85.1 Å². The number of nitrogens with one attached hydrogen (secondary N) is 1. The normalized spacial score (nSPS) is 21.9. The number of carbonyl (C=O) groups is 1. The maximum absolute atomic E-state index is 13.4. The summed E-state index contributed by atoms with van der Waals surface area (Å²) in [5.41, 5.74) is 0. The lowest BCUT2D eigenvalue weighted by molar-refractivity contribution is -0.359. The molecule has 14 nitrogen and oxygen atoms in total. The van der Waals surface area contributed by atoms with Crippen molar-refractivity contribution in [2.75, 3.05) is 19.8 Å². The molecule has 0 bridgehead atoms. The Labute approximate surface area is 637 Å². The molecule has 2 saturated heterocycles. The minimum atomic E-state index is -1.80. The molecule has 12 atom stereocenters. The van der Waals surface area contributed by atoms with Crippen molar-refractivity contribution < 1.29 is 64.6 Å². The highest BCUT2D eigenvalue weighted by Gasteiger charge is 2.51. The van der Waals surface area contributed by atoms with Gasteiger partial charge in [0.1, 0.15) is 48.8 Å². The van der Waals surface area contributed by atoms with Gasteiger partial charge in [-0.05, 0) is 83.5 Å². The fourth-order valence-electron chi connectivity index (χ4n) is 14.2. The standard InChI is InChI=1S/C90H163NO13/c1-3-5-7-9-11-13-15-17-19-21-23-25-27-29-31-33-34-35-36-37-38-39-40-41-42-43-44-46-48-50-52-54-56-58-60-62-64-66-68-70-72-74-82(95)91-78(77-101-89-87(100)85(98)88(81(76-93)103-89)104-90-86(99)84(97)83(96)80(75-92)102-90)79(94)73-71-69-67-65-63-61-59-57-55-53-51-49-47-45-32-30-28-26-24-22-20-18-16-14-12-10-8-6-4-2/h5,7,11,13,17,19,23,25,55,57,63,65,71,73,78-81,83-90,92-94,96-100H,3-4,6,8-10,12,14-16,18,20-22,24,26-54,56,58-62,64,66-70,72,74-77H2,1-2H3,(H,91,95)/b7-5-,13-11-,19-17-,25-23-,57-55+,65-63+,73-71+. The third-order valence-electron chi connectivity index (χ3n) is 21.0. The summed E-state index contributed by atoms with van der Waals surface area (Å²) < 4.78 is 22.9. The van der Waals surface area contributed by atoms with E-state index in [9.17, 15) is 45.6 Å². The first-order valence-electron chi connectivity index (χ1n) is 43.8. The van der Waals surface area contributed by atoms with Gasteiger partial charge in [-0.2, -0.15) is 0 Å². The molecular weight excluding hydrogens is 1300 g/mol. The van der Waals surface area contributed by atoms with Gasteiger partial charge in [-0.25, -0.2) is 0 Å². The van der Waals surface area contributed by atoms with Crippen LogP contribution in [0.2, 0.25) is 0 Å². The summed E-state index contributed by atoms with van der Waals surface area (Å²) in [4.78, 5) is 13.4. The van der Waals surface area contributed by atoms with Gasteiger partial charge in [0.25, 0.3) is 0 Å². The summed E-state index contributed by atoms with van der Waals surface area (Å²) in [5, 5.41) is 87.8. The Kier molecular flexibility index (Phi) is 68.3. The Morgan fingerprint density at radius 1 is 0.356 bits per heavy atom. The number of unbranched alkanes of at least 4 members (excludes halogenated alkanes) is 49. The molecule has 0 aromatic carbocycles. The van der Waals surface area contributed by atoms with Gasteiger partial charge in [0, 0.05) is 6.42 Å². The molecule has 0 aromatic rings. The van der Waals surface area contributed by atoms with Gasteiger partial charge >= 0.3 is 0 Å². The lowest BCUT2D eigenvalue weighted by Gasteiger charge is -2.46. The Bertz CT molecular complexity index is 2080. The number of aliphatic hydroxyl groups excluding tert-OH is 8. The average Bonchev–Trinajstić information content (AvgIpc) is 0.789. The maximum Gasteiger partial charge on any atom is 0.220 e. The van der Waals surface area contributed by atoms with E-state index in [1.807, 2.05) is 6.08 Å². The van der Waals surface area contributed by atoms with Crippen LogP contribution in [0.1, 0.15) is 386 Å². The third kappa shape index (κ3) is 54.7. The van der Waals surface area contributed by atoms with Crippen molar-refractivity contribution in [1.82, 2.24) is 5.32 Å². The maximum atomic E-state index is 13.4. The van der Waals surface area contributed by atoms with Crippen LogP contribution >= 0.6 is 0 Å². The molecule has 0 saturated carbocycles. The Balaban J connectivity index is 1.57. The van der Waals surface area contributed by atoms with Gasteiger partial charge in [0.05, 0.1) is 32.0 Å². The highest BCUT2D eigenvalue weighted by molar-refractivity contribution is 5.76. The quantitative estimate of drug-likeness (QED) is 0.0204. The monoisotopic (exact) mass is 1470 g/mol. The molecule has 104 heavy (non-hydrogen) atoms. The van der Waals surface area contributed by atoms with Crippen LogP contribution < -0.4 is 5.32 Å². The molecule has 12 unspecified atom stereocenters. The predicted molar refractivity (Wildman–Crippen MR) is 433 cm³/mol. The van der Waals surface area contributed by atoms with E-state index in [0.29, 0.717) is 12.8 Å². The molecule has 1 amide bonds. The van der Waals surface area contributed by atoms with E-state index in [1.165, 1.54) is 283 Å². The molecule has 14 heteroatoms. The van der Waals surface area contributed by atoms with Crippen LogP contribution in [-0.2, 0) is 23.7 Å². The molecule has 9 N–H and O–H groups in total. The van der Waals surface area contributed by atoms with Gasteiger partial charge < -0.3 is 65.1 Å². The zero-order chi connectivity index (χ0) is 75.1. The molecule has 2 fully saturated rings. The Morgan fingerprint density at radius 2 is 0.673 bits per heavy atom. The van der Waals surface area contributed by atoms with Crippen LogP contribution in [0.15, 0.2) is 85.1 Å². The third-order valence-corrected chi connectivity index (χ3v) is 21.0. The Hall–Kier alpha value is -2.83. The second kappa shape index (κ2) is 73.0. The lowest BCUT2D eigenvalue weighted by atomic mass is 9.97. The summed E-state index contributed by atoms with van der Waals surface area (Å²) >= 11 is 0. The van der Waals surface area contributed by atoms with E-state index in [2.05, 4.69) is 92.1 Å². The van der Waals surface area contributed by atoms with Gasteiger partial charge in [-0.3, -0.25) is 4.79 Å². The first kappa shape index (κ1) is 97.2. The topological polar surface area (TPSA) is 228 Å². The largest absolute Gasteiger partial charge is 0.394 e. The summed E-state index contributed by atoms with van der Waals surface area (Å²) in [6.45, 7) is 2.72. The van der Waals surface area contributed by atoms with Crippen molar-refractivity contribution in [3.63, 3.8) is 0 Å². The van der Waals surface area contributed by atoms with E-state index >= 15 is 0 Å². The second-order valence-corrected chi connectivity index (χ2v) is 30.6. The van der Waals surface area contributed by atoms with E-state index < -0.39 is 86.8 Å². The zero-order valence-corrected chi connectivity index (χ0v) is 66.8. The first-order valence-corrected chi connectivity index (χ1v) is 43.8. The fourth-order valence-corrected chi connectivity index (χ4v) is 14.2.